The predicted octanol–water partition coefficient (Wildman–Crippen LogP) is -0.268. The molecule has 178 valence electrons. The molecule has 0 unspecified atom stereocenters. The zero-order valence-electron chi connectivity index (χ0n) is 18.7. The summed E-state index contributed by atoms with van der Waals surface area (Å²) >= 11 is 0. The van der Waals surface area contributed by atoms with Crippen molar-refractivity contribution in [2.24, 2.45) is 11.7 Å². The molecule has 0 aliphatic carbocycles. The number of ether oxygens (including phenoxy) is 2. The molecular weight excluding hydrogens is 432 g/mol. The molecule has 0 aromatic rings. The standard InChI is InChI=1S/C18H32N4O8S/c1-11(2)14(16(25)29-6)21(13(23)10-19)31(27,28)22(17(26)30-18(3,4)5)15(24)12-8-7-9-20-12/h11-12,14,20H,7-10,19H2,1-6H3/t12-,14-/m0/s1. The van der Waals surface area contributed by atoms with E-state index in [0.29, 0.717) is 13.0 Å². The maximum Gasteiger partial charge on any atom is 0.432 e. The molecule has 1 aliphatic heterocycles. The van der Waals surface area contributed by atoms with E-state index < -0.39 is 64.2 Å². The van der Waals surface area contributed by atoms with Gasteiger partial charge in [-0.15, -0.1) is 4.31 Å². The van der Waals surface area contributed by atoms with Crippen molar-refractivity contribution in [3.63, 3.8) is 0 Å². The molecule has 31 heavy (non-hydrogen) atoms. The van der Waals surface area contributed by atoms with E-state index >= 15 is 0 Å². The van der Waals surface area contributed by atoms with Gasteiger partial charge in [0.15, 0.2) is 0 Å². The van der Waals surface area contributed by atoms with Gasteiger partial charge in [-0.2, -0.15) is 8.42 Å². The Kier molecular flexibility index (Phi) is 8.96. The SMILES string of the molecule is COC(=O)[C@H](C(C)C)N(C(=O)CN)S(=O)(=O)N(C(=O)OC(C)(C)C)C(=O)[C@@H]1CCCN1. The topological polar surface area (TPSA) is 165 Å². The number of carbonyl (C=O) groups is 4. The first-order valence-corrected chi connectivity index (χ1v) is 11.2. The Morgan fingerprint density at radius 1 is 1.19 bits per heavy atom. The Bertz CT molecular complexity index is 800. The Hall–Kier alpha value is -2.25. The lowest BCUT2D eigenvalue weighted by molar-refractivity contribution is -0.150. The summed E-state index contributed by atoms with van der Waals surface area (Å²) in [6, 6.07) is -2.63. The number of nitrogens with two attached hydrogens (primary N) is 1. The van der Waals surface area contributed by atoms with Crippen molar-refractivity contribution < 1.29 is 37.1 Å². The van der Waals surface area contributed by atoms with Crippen molar-refractivity contribution in [3.8, 4) is 0 Å². The van der Waals surface area contributed by atoms with Gasteiger partial charge in [0.25, 0.3) is 11.8 Å². The second kappa shape index (κ2) is 10.4. The maximum atomic E-state index is 13.5. The smallest absolute Gasteiger partial charge is 0.432 e. The van der Waals surface area contributed by atoms with E-state index in [1.54, 1.807) is 0 Å². The number of hydrogen-bond acceptors (Lipinski definition) is 10. The Morgan fingerprint density at radius 2 is 1.77 bits per heavy atom. The number of carbonyl (C=O) groups excluding carboxylic acids is 4. The van der Waals surface area contributed by atoms with Gasteiger partial charge in [0.2, 0.25) is 0 Å². The first-order chi connectivity index (χ1) is 14.2. The van der Waals surface area contributed by atoms with Gasteiger partial charge in [0, 0.05) is 0 Å². The van der Waals surface area contributed by atoms with Crippen LogP contribution in [0.5, 0.6) is 0 Å². The van der Waals surface area contributed by atoms with E-state index in [-0.39, 0.29) is 15.0 Å². The van der Waals surface area contributed by atoms with Gasteiger partial charge in [-0.1, -0.05) is 13.8 Å². The average molecular weight is 465 g/mol. The molecule has 3 N–H and O–H groups in total. The van der Waals surface area contributed by atoms with Crippen LogP contribution in [-0.2, 0) is 34.1 Å². The van der Waals surface area contributed by atoms with Crippen LogP contribution in [-0.4, -0.2) is 78.8 Å². The highest BCUT2D eigenvalue weighted by Crippen LogP contribution is 2.24. The van der Waals surface area contributed by atoms with Crippen molar-refractivity contribution in [2.45, 2.75) is 65.1 Å². The number of nitrogens with zero attached hydrogens (tertiary/aromatic N) is 2. The van der Waals surface area contributed by atoms with Gasteiger partial charge in [0.05, 0.1) is 19.7 Å². The third-order valence-corrected chi connectivity index (χ3v) is 6.06. The number of methoxy groups -OCH3 is 1. The van der Waals surface area contributed by atoms with E-state index in [2.05, 4.69) is 10.1 Å². The number of hydrogen-bond donors (Lipinski definition) is 2. The van der Waals surface area contributed by atoms with Gasteiger partial charge in [0.1, 0.15) is 11.6 Å². The number of rotatable bonds is 7. The molecule has 0 aromatic heterocycles. The second-order valence-corrected chi connectivity index (χ2v) is 10.00. The molecule has 0 radical (unpaired) electrons. The van der Waals surface area contributed by atoms with Crippen molar-refractivity contribution in [1.29, 1.82) is 0 Å². The van der Waals surface area contributed by atoms with Gasteiger partial charge < -0.3 is 20.5 Å². The summed E-state index contributed by atoms with van der Waals surface area (Å²) in [6.45, 7) is 7.07. The molecule has 3 amide bonds. The first kappa shape index (κ1) is 26.8. The van der Waals surface area contributed by atoms with Crippen molar-refractivity contribution in [2.75, 3.05) is 20.2 Å². The number of imide groups is 1. The van der Waals surface area contributed by atoms with E-state index in [1.165, 1.54) is 34.6 Å². The molecule has 2 atom stereocenters. The van der Waals surface area contributed by atoms with Gasteiger partial charge in [-0.05, 0) is 46.1 Å². The largest absolute Gasteiger partial charge is 0.467 e. The highest BCUT2D eigenvalue weighted by molar-refractivity contribution is 7.88. The molecule has 1 rings (SSSR count). The van der Waals surface area contributed by atoms with E-state index in [1.807, 2.05) is 0 Å². The molecule has 1 aliphatic rings. The summed E-state index contributed by atoms with van der Waals surface area (Å²) < 4.78 is 36.9. The predicted molar refractivity (Wildman–Crippen MR) is 110 cm³/mol. The summed E-state index contributed by atoms with van der Waals surface area (Å²) in [6.07, 6.45) is -0.627. The lowest BCUT2D eigenvalue weighted by atomic mass is 10.0. The fourth-order valence-electron chi connectivity index (χ4n) is 3.00. The first-order valence-electron chi connectivity index (χ1n) is 9.84. The highest BCUT2D eigenvalue weighted by atomic mass is 32.2. The van der Waals surface area contributed by atoms with Crippen LogP contribution in [0.15, 0.2) is 0 Å². The van der Waals surface area contributed by atoms with Crippen molar-refractivity contribution in [1.82, 2.24) is 13.9 Å². The molecule has 0 bridgehead atoms. The fourth-order valence-corrected chi connectivity index (χ4v) is 4.71. The monoisotopic (exact) mass is 464 g/mol. The number of esters is 1. The quantitative estimate of drug-likeness (QED) is 0.479. The highest BCUT2D eigenvalue weighted by Gasteiger charge is 2.50. The third kappa shape index (κ3) is 6.37. The molecular formula is C18H32N4O8S. The maximum absolute atomic E-state index is 13.5. The van der Waals surface area contributed by atoms with Crippen molar-refractivity contribution in [3.05, 3.63) is 0 Å². The molecule has 0 aromatic carbocycles. The molecule has 0 spiro atoms. The van der Waals surface area contributed by atoms with Gasteiger partial charge in [-0.25, -0.2) is 13.9 Å². The van der Waals surface area contributed by atoms with Crippen LogP contribution in [0.25, 0.3) is 0 Å². The molecule has 1 heterocycles. The minimum atomic E-state index is -5.21. The van der Waals surface area contributed by atoms with Gasteiger partial charge in [-0.3, -0.25) is 9.59 Å². The van der Waals surface area contributed by atoms with Crippen molar-refractivity contribution >= 4 is 34.1 Å². The van der Waals surface area contributed by atoms with Crippen LogP contribution in [0, 0.1) is 5.92 Å². The molecule has 13 heteroatoms. The zero-order valence-corrected chi connectivity index (χ0v) is 19.5. The van der Waals surface area contributed by atoms with E-state index in [9.17, 15) is 27.6 Å². The van der Waals surface area contributed by atoms with Crippen LogP contribution in [0.2, 0.25) is 0 Å². The van der Waals surface area contributed by atoms with Crippen LogP contribution < -0.4 is 11.1 Å². The number of amides is 3. The minimum absolute atomic E-state index is 0.104. The normalized spacial score (nSPS) is 17.7. The summed E-state index contributed by atoms with van der Waals surface area (Å²) in [4.78, 5) is 50.9. The van der Waals surface area contributed by atoms with Crippen LogP contribution >= 0.6 is 0 Å². The fraction of sp³-hybridized carbons (Fsp3) is 0.778. The Balaban J connectivity index is 3.64. The van der Waals surface area contributed by atoms with Gasteiger partial charge >= 0.3 is 22.3 Å². The molecule has 1 fully saturated rings. The lowest BCUT2D eigenvalue weighted by Gasteiger charge is -2.35. The molecule has 12 nitrogen and oxygen atoms in total. The summed E-state index contributed by atoms with van der Waals surface area (Å²) in [5, 5.41) is 2.81. The molecule has 1 saturated heterocycles. The van der Waals surface area contributed by atoms with Crippen LogP contribution in [0.1, 0.15) is 47.5 Å². The van der Waals surface area contributed by atoms with E-state index in [4.69, 9.17) is 10.5 Å². The summed E-state index contributed by atoms with van der Waals surface area (Å²) in [7, 11) is -4.19. The zero-order chi connectivity index (χ0) is 24.1. The Labute approximate surface area is 182 Å². The minimum Gasteiger partial charge on any atom is -0.467 e. The molecule has 0 saturated carbocycles. The summed E-state index contributed by atoms with van der Waals surface area (Å²) in [5.74, 6) is -4.10. The van der Waals surface area contributed by atoms with Crippen LogP contribution in [0.4, 0.5) is 4.79 Å². The second-order valence-electron chi connectivity index (χ2n) is 8.35. The summed E-state index contributed by atoms with van der Waals surface area (Å²) in [5.41, 5.74) is 4.24. The average Bonchev–Trinajstić information content (AvgIpc) is 3.17. The number of nitrogens with one attached hydrogen (secondary N) is 1. The Morgan fingerprint density at radius 3 is 2.16 bits per heavy atom. The van der Waals surface area contributed by atoms with E-state index in [0.717, 1.165) is 7.11 Å². The lowest BCUT2D eigenvalue weighted by Crippen LogP contribution is -2.61. The third-order valence-electron chi connectivity index (χ3n) is 4.34. The van der Waals surface area contributed by atoms with Crippen LogP contribution in [0.3, 0.4) is 0 Å².